The Kier molecular flexibility index (Phi) is 5.14. The first kappa shape index (κ1) is 11.3. The van der Waals surface area contributed by atoms with E-state index in [1.54, 1.807) is 0 Å². The minimum absolute atomic E-state index is 0.975. The number of hydrogen-bond donors (Lipinski definition) is 1. The van der Waals surface area contributed by atoms with Crippen LogP contribution in [0.5, 0.6) is 0 Å². The van der Waals surface area contributed by atoms with Crippen LogP contribution >= 0.6 is 0 Å². The second kappa shape index (κ2) is 5.91. The lowest BCUT2D eigenvalue weighted by atomic mass is 10.1. The van der Waals surface area contributed by atoms with Crippen molar-refractivity contribution in [3.05, 3.63) is 42.0 Å². The Morgan fingerprint density at radius 1 is 1.31 bits per heavy atom. The average Bonchev–Trinajstić information content (AvgIpc) is 2.20. The normalized spacial score (nSPS) is 8.00. The SMILES string of the molecule is C#C.C=C(NC)c1ccccc1C. The van der Waals surface area contributed by atoms with Gasteiger partial charge in [0.05, 0.1) is 0 Å². The Morgan fingerprint density at radius 3 is 2.31 bits per heavy atom. The summed E-state index contributed by atoms with van der Waals surface area (Å²) < 4.78 is 0. The molecule has 0 bridgehead atoms. The minimum atomic E-state index is 0.975. The highest BCUT2D eigenvalue weighted by Crippen LogP contribution is 2.13. The van der Waals surface area contributed by atoms with E-state index in [1.165, 1.54) is 11.1 Å². The quantitative estimate of drug-likeness (QED) is 0.677. The summed E-state index contributed by atoms with van der Waals surface area (Å²) in [4.78, 5) is 0. The number of aryl methyl sites for hydroxylation is 1. The maximum absolute atomic E-state index is 4.00. The summed E-state index contributed by atoms with van der Waals surface area (Å²) in [6, 6.07) is 8.19. The summed E-state index contributed by atoms with van der Waals surface area (Å²) in [5.41, 5.74) is 3.42. The highest BCUT2D eigenvalue weighted by molar-refractivity contribution is 5.64. The molecule has 0 aliphatic rings. The van der Waals surface area contributed by atoms with Gasteiger partial charge in [-0.25, -0.2) is 0 Å². The van der Waals surface area contributed by atoms with Gasteiger partial charge in [0.1, 0.15) is 0 Å². The minimum Gasteiger partial charge on any atom is -0.388 e. The molecule has 1 N–H and O–H groups in total. The number of nitrogens with one attached hydrogen (secondary N) is 1. The van der Waals surface area contributed by atoms with Crippen LogP contribution in [-0.4, -0.2) is 7.05 Å². The van der Waals surface area contributed by atoms with E-state index in [1.807, 2.05) is 19.2 Å². The predicted molar refractivity (Wildman–Crippen MR) is 59.2 cm³/mol. The maximum atomic E-state index is 4.00. The first-order valence-corrected chi connectivity index (χ1v) is 4.01. The van der Waals surface area contributed by atoms with Crippen molar-refractivity contribution in [1.82, 2.24) is 5.32 Å². The first-order chi connectivity index (χ1) is 6.25. The summed E-state index contributed by atoms with van der Waals surface area (Å²) in [7, 11) is 1.88. The van der Waals surface area contributed by atoms with Crippen LogP contribution in [0, 0.1) is 19.8 Å². The third-order valence-corrected chi connectivity index (χ3v) is 1.77. The van der Waals surface area contributed by atoms with Crippen molar-refractivity contribution >= 4 is 5.70 Å². The van der Waals surface area contributed by atoms with Crippen molar-refractivity contribution in [3.8, 4) is 12.8 Å². The molecule has 1 rings (SSSR count). The second-order valence-corrected chi connectivity index (χ2v) is 2.54. The molecule has 0 aromatic heterocycles. The Balaban J connectivity index is 0.000000671. The zero-order valence-electron chi connectivity index (χ0n) is 8.17. The standard InChI is InChI=1S/C10H13N.C2H2/c1-8-6-4-5-7-10(8)9(2)11-3;1-2/h4-7,11H,2H2,1,3H3;1-2H. The molecule has 1 aromatic rings. The van der Waals surface area contributed by atoms with Crippen molar-refractivity contribution in [1.29, 1.82) is 0 Å². The molecule has 0 amide bonds. The molecule has 0 saturated carbocycles. The predicted octanol–water partition coefficient (Wildman–Crippen LogP) is 2.43. The van der Waals surface area contributed by atoms with E-state index in [0.717, 1.165) is 5.70 Å². The van der Waals surface area contributed by atoms with Crippen molar-refractivity contribution in [2.75, 3.05) is 7.05 Å². The van der Waals surface area contributed by atoms with Gasteiger partial charge in [-0.2, -0.15) is 0 Å². The highest BCUT2D eigenvalue weighted by atomic mass is 14.8. The van der Waals surface area contributed by atoms with Gasteiger partial charge in [0.25, 0.3) is 0 Å². The fourth-order valence-electron chi connectivity index (χ4n) is 1.05. The Bertz CT molecular complexity index is 297. The molecule has 13 heavy (non-hydrogen) atoms. The van der Waals surface area contributed by atoms with Crippen LogP contribution < -0.4 is 5.32 Å². The van der Waals surface area contributed by atoms with Crippen molar-refractivity contribution < 1.29 is 0 Å². The van der Waals surface area contributed by atoms with E-state index in [0.29, 0.717) is 0 Å². The van der Waals surface area contributed by atoms with E-state index in [4.69, 9.17) is 0 Å². The Morgan fingerprint density at radius 2 is 1.85 bits per heavy atom. The van der Waals surface area contributed by atoms with Crippen LogP contribution in [-0.2, 0) is 0 Å². The molecule has 0 atom stereocenters. The van der Waals surface area contributed by atoms with E-state index in [-0.39, 0.29) is 0 Å². The monoisotopic (exact) mass is 173 g/mol. The summed E-state index contributed by atoms with van der Waals surface area (Å²) in [5.74, 6) is 0. The molecule has 0 spiro atoms. The Labute approximate surface area is 80.5 Å². The molecule has 0 saturated heterocycles. The van der Waals surface area contributed by atoms with E-state index in [9.17, 15) is 0 Å². The molecule has 1 nitrogen and oxygen atoms in total. The van der Waals surface area contributed by atoms with Crippen molar-refractivity contribution in [2.24, 2.45) is 0 Å². The van der Waals surface area contributed by atoms with Gasteiger partial charge in [-0.05, 0) is 18.1 Å². The molecule has 68 valence electrons. The molecule has 0 aliphatic carbocycles. The fourth-order valence-corrected chi connectivity index (χ4v) is 1.05. The molecule has 0 heterocycles. The van der Waals surface area contributed by atoms with Gasteiger partial charge < -0.3 is 5.32 Å². The lowest BCUT2D eigenvalue weighted by Crippen LogP contribution is -2.03. The molecule has 1 aromatic carbocycles. The topological polar surface area (TPSA) is 12.0 Å². The van der Waals surface area contributed by atoms with E-state index in [2.05, 4.69) is 43.8 Å². The molecular formula is C12H15N. The fraction of sp³-hybridized carbons (Fsp3) is 0.167. The van der Waals surface area contributed by atoms with Crippen LogP contribution in [0.3, 0.4) is 0 Å². The van der Waals surface area contributed by atoms with Crippen LogP contribution in [0.2, 0.25) is 0 Å². The smallest absolute Gasteiger partial charge is 0.0340 e. The van der Waals surface area contributed by atoms with Crippen LogP contribution in [0.1, 0.15) is 11.1 Å². The third-order valence-electron chi connectivity index (χ3n) is 1.77. The van der Waals surface area contributed by atoms with Gasteiger partial charge in [0.15, 0.2) is 0 Å². The van der Waals surface area contributed by atoms with Gasteiger partial charge in [0.2, 0.25) is 0 Å². The molecule has 0 unspecified atom stereocenters. The second-order valence-electron chi connectivity index (χ2n) is 2.54. The van der Waals surface area contributed by atoms with Crippen molar-refractivity contribution in [2.45, 2.75) is 6.92 Å². The zero-order chi connectivity index (χ0) is 10.3. The van der Waals surface area contributed by atoms with Crippen LogP contribution in [0.15, 0.2) is 30.8 Å². The number of terminal acetylenes is 1. The van der Waals surface area contributed by atoms with Crippen LogP contribution in [0.25, 0.3) is 5.70 Å². The molecule has 0 radical (unpaired) electrons. The van der Waals surface area contributed by atoms with E-state index < -0.39 is 0 Å². The Hall–Kier alpha value is -1.68. The summed E-state index contributed by atoms with van der Waals surface area (Å²) in [5, 5.41) is 3.03. The molecule has 1 heteroatoms. The van der Waals surface area contributed by atoms with Gasteiger partial charge in [-0.3, -0.25) is 0 Å². The summed E-state index contributed by atoms with van der Waals surface area (Å²) >= 11 is 0. The average molecular weight is 173 g/mol. The zero-order valence-corrected chi connectivity index (χ0v) is 8.17. The van der Waals surface area contributed by atoms with Crippen LogP contribution in [0.4, 0.5) is 0 Å². The van der Waals surface area contributed by atoms with Crippen molar-refractivity contribution in [3.63, 3.8) is 0 Å². The maximum Gasteiger partial charge on any atom is 0.0340 e. The number of benzene rings is 1. The third kappa shape index (κ3) is 3.04. The summed E-state index contributed by atoms with van der Waals surface area (Å²) in [6.45, 7) is 5.97. The lowest BCUT2D eigenvalue weighted by Gasteiger charge is -2.07. The van der Waals surface area contributed by atoms with Gasteiger partial charge in [-0.15, -0.1) is 12.8 Å². The molecule has 0 aliphatic heterocycles. The first-order valence-electron chi connectivity index (χ1n) is 4.01. The molecular weight excluding hydrogens is 158 g/mol. The summed E-state index contributed by atoms with van der Waals surface area (Å²) in [6.07, 6.45) is 8.00. The van der Waals surface area contributed by atoms with Gasteiger partial charge in [-0.1, -0.05) is 30.8 Å². The lowest BCUT2D eigenvalue weighted by molar-refractivity contribution is 1.12. The highest BCUT2D eigenvalue weighted by Gasteiger charge is 1.97. The van der Waals surface area contributed by atoms with E-state index >= 15 is 0 Å². The molecule has 0 fully saturated rings. The van der Waals surface area contributed by atoms with Gasteiger partial charge in [0, 0.05) is 12.7 Å². The number of rotatable bonds is 2. The van der Waals surface area contributed by atoms with Gasteiger partial charge >= 0.3 is 0 Å². The number of hydrogen-bond acceptors (Lipinski definition) is 1. The largest absolute Gasteiger partial charge is 0.388 e.